The van der Waals surface area contributed by atoms with E-state index in [2.05, 4.69) is 0 Å². The van der Waals surface area contributed by atoms with Crippen LogP contribution in [0.5, 0.6) is 11.5 Å². The van der Waals surface area contributed by atoms with Gasteiger partial charge in [0.15, 0.2) is 11.5 Å². The maximum Gasteiger partial charge on any atom is 0.277 e. The van der Waals surface area contributed by atoms with Gasteiger partial charge in [0.2, 0.25) is 0 Å². The molecule has 3 rings (SSSR count). The van der Waals surface area contributed by atoms with Gasteiger partial charge in [0.05, 0.1) is 19.8 Å². The number of methoxy groups -OCH3 is 2. The number of anilines is 1. The molecule has 1 aliphatic heterocycles. The van der Waals surface area contributed by atoms with Crippen LogP contribution in [0.25, 0.3) is 5.57 Å². The molecule has 2 amide bonds. The van der Waals surface area contributed by atoms with Gasteiger partial charge in [-0.15, -0.1) is 0 Å². The van der Waals surface area contributed by atoms with Crippen molar-refractivity contribution in [2.45, 2.75) is 6.92 Å². The molecular formula is C21H22N2O4. The zero-order valence-corrected chi connectivity index (χ0v) is 15.9. The van der Waals surface area contributed by atoms with Crippen molar-refractivity contribution >= 4 is 23.1 Å². The predicted molar refractivity (Wildman–Crippen MR) is 104 cm³/mol. The van der Waals surface area contributed by atoms with Crippen LogP contribution >= 0.6 is 0 Å². The van der Waals surface area contributed by atoms with Gasteiger partial charge in [-0.1, -0.05) is 24.3 Å². The Hall–Kier alpha value is -3.28. The Labute approximate surface area is 158 Å². The number of imide groups is 1. The standard InChI is InChI=1S/C21H22N2O4/c1-5-23(15-9-7-6-8-10-15)19-18(20(24)22(2)21(19)25)14-11-12-16(26-3)17(13-14)27-4/h6-13H,5H2,1-4H3. The summed E-state index contributed by atoms with van der Waals surface area (Å²) in [6.07, 6.45) is 0. The highest BCUT2D eigenvalue weighted by Gasteiger charge is 2.39. The summed E-state index contributed by atoms with van der Waals surface area (Å²) in [5.74, 6) is 0.399. The molecule has 0 fully saturated rings. The third kappa shape index (κ3) is 3.14. The van der Waals surface area contributed by atoms with Crippen molar-refractivity contribution in [3.05, 3.63) is 59.8 Å². The lowest BCUT2D eigenvalue weighted by Gasteiger charge is -2.24. The van der Waals surface area contributed by atoms with Gasteiger partial charge in [0.1, 0.15) is 5.70 Å². The molecule has 0 N–H and O–H groups in total. The van der Waals surface area contributed by atoms with Crippen LogP contribution in [0.3, 0.4) is 0 Å². The zero-order chi connectivity index (χ0) is 19.6. The average molecular weight is 366 g/mol. The summed E-state index contributed by atoms with van der Waals surface area (Å²) in [4.78, 5) is 28.8. The van der Waals surface area contributed by atoms with Crippen molar-refractivity contribution in [1.82, 2.24) is 4.90 Å². The summed E-state index contributed by atoms with van der Waals surface area (Å²) in [6.45, 7) is 2.49. The largest absolute Gasteiger partial charge is 0.493 e. The van der Waals surface area contributed by atoms with Crippen LogP contribution in [0.4, 0.5) is 5.69 Å². The van der Waals surface area contributed by atoms with Crippen molar-refractivity contribution in [3.63, 3.8) is 0 Å². The van der Waals surface area contributed by atoms with E-state index in [-0.39, 0.29) is 11.8 Å². The molecule has 0 bridgehead atoms. The number of carbonyl (C=O) groups is 2. The number of rotatable bonds is 6. The lowest BCUT2D eigenvalue weighted by Crippen LogP contribution is -2.32. The molecule has 0 aromatic heterocycles. The molecule has 27 heavy (non-hydrogen) atoms. The number of carbonyl (C=O) groups excluding carboxylic acids is 2. The summed E-state index contributed by atoms with van der Waals surface area (Å²) < 4.78 is 10.6. The molecule has 0 aliphatic carbocycles. The minimum atomic E-state index is -0.336. The van der Waals surface area contributed by atoms with E-state index in [0.717, 1.165) is 10.6 Å². The predicted octanol–water partition coefficient (Wildman–Crippen LogP) is 2.94. The molecule has 2 aromatic rings. The van der Waals surface area contributed by atoms with Crippen molar-refractivity contribution in [2.75, 3.05) is 32.7 Å². The Morgan fingerprint density at radius 3 is 2.19 bits per heavy atom. The number of benzene rings is 2. The fourth-order valence-corrected chi connectivity index (χ4v) is 3.21. The SMILES string of the molecule is CCN(C1=C(c2ccc(OC)c(OC)c2)C(=O)N(C)C1=O)c1ccccc1. The maximum absolute atomic E-state index is 12.9. The van der Waals surface area contributed by atoms with E-state index >= 15 is 0 Å². The highest BCUT2D eigenvalue weighted by molar-refractivity contribution is 6.36. The maximum atomic E-state index is 12.9. The number of likely N-dealkylation sites (N-methyl/N-ethyl adjacent to an activating group) is 2. The van der Waals surface area contributed by atoms with Gasteiger partial charge in [-0.05, 0) is 36.8 Å². The van der Waals surface area contributed by atoms with E-state index < -0.39 is 0 Å². The minimum Gasteiger partial charge on any atom is -0.493 e. The Balaban J connectivity index is 2.21. The van der Waals surface area contributed by atoms with E-state index in [1.165, 1.54) is 14.2 Å². The van der Waals surface area contributed by atoms with Crippen molar-refractivity contribution in [3.8, 4) is 11.5 Å². The average Bonchev–Trinajstić information content (AvgIpc) is 2.93. The second kappa shape index (κ2) is 7.53. The molecular weight excluding hydrogens is 344 g/mol. The quantitative estimate of drug-likeness (QED) is 0.736. The van der Waals surface area contributed by atoms with Crippen LogP contribution < -0.4 is 14.4 Å². The summed E-state index contributed by atoms with van der Waals surface area (Å²) in [5, 5.41) is 0. The summed E-state index contributed by atoms with van der Waals surface area (Å²) in [5.41, 5.74) is 2.18. The van der Waals surface area contributed by atoms with Gasteiger partial charge in [-0.3, -0.25) is 14.5 Å². The lowest BCUT2D eigenvalue weighted by molar-refractivity contribution is -0.135. The molecule has 6 nitrogen and oxygen atoms in total. The first kappa shape index (κ1) is 18.5. The molecule has 0 saturated heterocycles. The summed E-state index contributed by atoms with van der Waals surface area (Å²) in [6, 6.07) is 14.8. The highest BCUT2D eigenvalue weighted by atomic mass is 16.5. The normalized spacial score (nSPS) is 14.0. The van der Waals surface area contributed by atoms with Crippen molar-refractivity contribution in [1.29, 1.82) is 0 Å². The third-order valence-corrected chi connectivity index (χ3v) is 4.59. The molecule has 1 aliphatic rings. The van der Waals surface area contributed by atoms with E-state index in [4.69, 9.17) is 9.47 Å². The van der Waals surface area contributed by atoms with E-state index in [9.17, 15) is 9.59 Å². The molecule has 0 spiro atoms. The molecule has 1 heterocycles. The van der Waals surface area contributed by atoms with Gasteiger partial charge in [-0.25, -0.2) is 0 Å². The van der Waals surface area contributed by atoms with Crippen LogP contribution in [0, 0.1) is 0 Å². The fraction of sp³-hybridized carbons (Fsp3) is 0.238. The van der Waals surface area contributed by atoms with E-state index in [0.29, 0.717) is 34.9 Å². The summed E-state index contributed by atoms with van der Waals surface area (Å²) in [7, 11) is 4.58. The Bertz CT molecular complexity index is 906. The van der Waals surface area contributed by atoms with Gasteiger partial charge < -0.3 is 14.4 Å². The lowest BCUT2D eigenvalue weighted by atomic mass is 10.0. The number of hydrogen-bond donors (Lipinski definition) is 0. The molecule has 0 radical (unpaired) electrons. The van der Waals surface area contributed by atoms with E-state index in [1.807, 2.05) is 42.2 Å². The zero-order valence-electron chi connectivity index (χ0n) is 15.9. The number of ether oxygens (including phenoxy) is 2. The molecule has 2 aromatic carbocycles. The van der Waals surface area contributed by atoms with Gasteiger partial charge >= 0.3 is 0 Å². The Morgan fingerprint density at radius 1 is 0.926 bits per heavy atom. The number of nitrogens with zero attached hydrogens (tertiary/aromatic N) is 2. The first-order valence-electron chi connectivity index (χ1n) is 8.65. The summed E-state index contributed by atoms with van der Waals surface area (Å²) >= 11 is 0. The number of hydrogen-bond acceptors (Lipinski definition) is 5. The minimum absolute atomic E-state index is 0.324. The molecule has 0 unspecified atom stereocenters. The van der Waals surface area contributed by atoms with Gasteiger partial charge in [-0.2, -0.15) is 0 Å². The molecule has 0 atom stereocenters. The second-order valence-electron chi connectivity index (χ2n) is 6.04. The van der Waals surface area contributed by atoms with Crippen molar-refractivity contribution in [2.24, 2.45) is 0 Å². The first-order valence-corrected chi connectivity index (χ1v) is 8.65. The fourth-order valence-electron chi connectivity index (χ4n) is 3.21. The van der Waals surface area contributed by atoms with Crippen LogP contribution in [-0.4, -0.2) is 44.5 Å². The van der Waals surface area contributed by atoms with Crippen LogP contribution in [0.1, 0.15) is 12.5 Å². The molecule has 0 saturated carbocycles. The van der Waals surface area contributed by atoms with E-state index in [1.54, 1.807) is 25.3 Å². The van der Waals surface area contributed by atoms with Gasteiger partial charge in [0, 0.05) is 19.3 Å². The highest BCUT2D eigenvalue weighted by Crippen LogP contribution is 2.37. The Morgan fingerprint density at radius 2 is 1.59 bits per heavy atom. The number of para-hydroxylation sites is 1. The smallest absolute Gasteiger partial charge is 0.277 e. The van der Waals surface area contributed by atoms with Crippen LogP contribution in [-0.2, 0) is 9.59 Å². The van der Waals surface area contributed by atoms with Gasteiger partial charge in [0.25, 0.3) is 11.8 Å². The first-order chi connectivity index (χ1) is 13.0. The molecule has 140 valence electrons. The topological polar surface area (TPSA) is 59.1 Å². The molecule has 6 heteroatoms. The van der Waals surface area contributed by atoms with Crippen LogP contribution in [0.15, 0.2) is 54.2 Å². The second-order valence-corrected chi connectivity index (χ2v) is 6.04. The third-order valence-electron chi connectivity index (χ3n) is 4.59. The Kier molecular flexibility index (Phi) is 5.16. The van der Waals surface area contributed by atoms with Crippen LogP contribution in [0.2, 0.25) is 0 Å². The monoisotopic (exact) mass is 366 g/mol. The van der Waals surface area contributed by atoms with Crippen molar-refractivity contribution < 1.29 is 19.1 Å². The number of amides is 2.